The van der Waals surface area contributed by atoms with E-state index in [0.717, 1.165) is 22.3 Å². The van der Waals surface area contributed by atoms with Crippen molar-refractivity contribution in [2.45, 2.75) is 12.3 Å². The molecule has 1 saturated heterocycles. The summed E-state index contributed by atoms with van der Waals surface area (Å²) in [7, 11) is 1.62. The molecule has 0 saturated carbocycles. The second-order valence-corrected chi connectivity index (χ2v) is 7.18. The fourth-order valence-corrected chi connectivity index (χ4v) is 4.05. The van der Waals surface area contributed by atoms with Crippen LogP contribution < -0.4 is 9.64 Å². The predicted octanol–water partition coefficient (Wildman–Crippen LogP) is 4.08. The maximum absolute atomic E-state index is 13.3. The Morgan fingerprint density at radius 1 is 0.967 bits per heavy atom. The van der Waals surface area contributed by atoms with E-state index in [0.29, 0.717) is 11.5 Å². The Kier molecular flexibility index (Phi) is 4.32. The van der Waals surface area contributed by atoms with Gasteiger partial charge in [-0.15, -0.1) is 0 Å². The minimum Gasteiger partial charge on any atom is -0.497 e. The molecule has 6 heteroatoms. The van der Waals surface area contributed by atoms with E-state index in [4.69, 9.17) is 4.74 Å². The number of carbonyl (C=O) groups is 2. The molecule has 6 nitrogen and oxygen atoms in total. The summed E-state index contributed by atoms with van der Waals surface area (Å²) in [5.74, 6) is 0.418. The van der Waals surface area contributed by atoms with E-state index >= 15 is 0 Å². The highest BCUT2D eigenvalue weighted by atomic mass is 16.5. The first kappa shape index (κ1) is 18.1. The molecule has 0 aliphatic carbocycles. The molecule has 30 heavy (non-hydrogen) atoms. The molecular formula is C24H19N3O3. The summed E-state index contributed by atoms with van der Waals surface area (Å²) in [6.07, 6.45) is 1.83. The normalized spacial score (nSPS) is 16.4. The van der Waals surface area contributed by atoms with Crippen LogP contribution in [0.1, 0.15) is 18.0 Å². The lowest BCUT2D eigenvalue weighted by Gasteiger charge is -2.16. The van der Waals surface area contributed by atoms with Crippen molar-refractivity contribution in [1.29, 1.82) is 0 Å². The van der Waals surface area contributed by atoms with Crippen LogP contribution >= 0.6 is 0 Å². The highest BCUT2D eigenvalue weighted by molar-refractivity contribution is 6.22. The Hall–Kier alpha value is -3.93. The molecule has 1 aliphatic rings. The number of fused-ring (bicyclic) bond motifs is 1. The Balaban J connectivity index is 1.67. The minimum atomic E-state index is -0.585. The van der Waals surface area contributed by atoms with E-state index in [-0.39, 0.29) is 18.2 Å². The number of methoxy groups -OCH3 is 1. The van der Waals surface area contributed by atoms with Crippen molar-refractivity contribution in [3.05, 3.63) is 84.7 Å². The van der Waals surface area contributed by atoms with Crippen molar-refractivity contribution >= 4 is 28.4 Å². The zero-order valence-corrected chi connectivity index (χ0v) is 16.4. The van der Waals surface area contributed by atoms with Crippen molar-refractivity contribution in [2.75, 3.05) is 12.0 Å². The molecule has 0 spiro atoms. The van der Waals surface area contributed by atoms with Crippen molar-refractivity contribution in [1.82, 2.24) is 9.55 Å². The topological polar surface area (TPSA) is 64.4 Å². The third kappa shape index (κ3) is 2.85. The number of pyridine rings is 1. The quantitative estimate of drug-likeness (QED) is 0.487. The van der Waals surface area contributed by atoms with Gasteiger partial charge in [-0.05, 0) is 48.5 Å². The number of benzene rings is 2. The van der Waals surface area contributed by atoms with Crippen LogP contribution in [-0.4, -0.2) is 28.5 Å². The number of para-hydroxylation sites is 1. The molecule has 1 atom stereocenters. The van der Waals surface area contributed by atoms with Gasteiger partial charge in [0.2, 0.25) is 11.8 Å². The van der Waals surface area contributed by atoms with Crippen LogP contribution in [-0.2, 0) is 9.59 Å². The Morgan fingerprint density at radius 3 is 2.50 bits per heavy atom. The number of ether oxygens (including phenoxy) is 1. The zero-order valence-electron chi connectivity index (χ0n) is 16.4. The summed E-state index contributed by atoms with van der Waals surface area (Å²) >= 11 is 0. The average Bonchev–Trinajstić information content (AvgIpc) is 3.30. The van der Waals surface area contributed by atoms with E-state index in [9.17, 15) is 9.59 Å². The minimum absolute atomic E-state index is 0.119. The Labute approximate surface area is 173 Å². The second kappa shape index (κ2) is 7.15. The lowest BCUT2D eigenvalue weighted by Crippen LogP contribution is -2.30. The predicted molar refractivity (Wildman–Crippen MR) is 114 cm³/mol. The molecule has 1 unspecified atom stereocenters. The van der Waals surface area contributed by atoms with Gasteiger partial charge in [-0.1, -0.05) is 24.3 Å². The fraction of sp³-hybridized carbons (Fsp3) is 0.125. The number of nitrogens with zero attached hydrogens (tertiary/aromatic N) is 3. The number of rotatable bonds is 4. The van der Waals surface area contributed by atoms with Gasteiger partial charge in [0.1, 0.15) is 11.6 Å². The molecule has 2 aromatic heterocycles. The number of aromatic nitrogens is 2. The Morgan fingerprint density at radius 2 is 1.77 bits per heavy atom. The van der Waals surface area contributed by atoms with Crippen LogP contribution in [0.2, 0.25) is 0 Å². The molecule has 5 rings (SSSR count). The second-order valence-electron chi connectivity index (χ2n) is 7.18. The van der Waals surface area contributed by atoms with Gasteiger partial charge >= 0.3 is 0 Å². The maximum Gasteiger partial charge on any atom is 0.243 e. The van der Waals surface area contributed by atoms with Crippen LogP contribution in [0.5, 0.6) is 5.75 Å². The van der Waals surface area contributed by atoms with Crippen LogP contribution in [0, 0.1) is 0 Å². The fourth-order valence-electron chi connectivity index (χ4n) is 4.05. The summed E-state index contributed by atoms with van der Waals surface area (Å²) in [6, 6.07) is 22.4. The smallest absolute Gasteiger partial charge is 0.243 e. The number of imide groups is 1. The van der Waals surface area contributed by atoms with Crippen molar-refractivity contribution < 1.29 is 14.3 Å². The summed E-state index contributed by atoms with van der Waals surface area (Å²) in [5.41, 5.74) is 2.24. The van der Waals surface area contributed by atoms with Gasteiger partial charge in [-0.3, -0.25) is 14.2 Å². The molecule has 1 fully saturated rings. The van der Waals surface area contributed by atoms with Gasteiger partial charge in [0.25, 0.3) is 0 Å². The number of amides is 2. The van der Waals surface area contributed by atoms with E-state index < -0.39 is 5.92 Å². The highest BCUT2D eigenvalue weighted by Gasteiger charge is 2.42. The number of carbonyl (C=O) groups excluding carboxylic acids is 2. The molecule has 1 aliphatic heterocycles. The number of hydrogen-bond acceptors (Lipinski definition) is 4. The maximum atomic E-state index is 13.3. The lowest BCUT2D eigenvalue weighted by molar-refractivity contribution is -0.121. The molecule has 2 aromatic carbocycles. The SMILES string of the molecule is COc1ccc2c(c1)cc(C1CC(=O)N(c3ccccc3)C1=O)n2-c1ccccn1. The summed E-state index contributed by atoms with van der Waals surface area (Å²) in [4.78, 5) is 31.9. The first-order valence-electron chi connectivity index (χ1n) is 9.70. The molecule has 0 bridgehead atoms. The highest BCUT2D eigenvalue weighted by Crippen LogP contribution is 2.37. The largest absolute Gasteiger partial charge is 0.497 e. The molecule has 148 valence electrons. The molecular weight excluding hydrogens is 378 g/mol. The van der Waals surface area contributed by atoms with E-state index in [1.54, 1.807) is 25.4 Å². The van der Waals surface area contributed by atoms with Crippen LogP contribution in [0.4, 0.5) is 5.69 Å². The van der Waals surface area contributed by atoms with Crippen LogP contribution in [0.3, 0.4) is 0 Å². The molecule has 0 radical (unpaired) electrons. The number of anilines is 1. The lowest BCUT2D eigenvalue weighted by atomic mass is 10.0. The van der Waals surface area contributed by atoms with Gasteiger partial charge in [0, 0.05) is 23.7 Å². The van der Waals surface area contributed by atoms with E-state index in [1.165, 1.54) is 4.90 Å². The van der Waals surface area contributed by atoms with Crippen LogP contribution in [0.15, 0.2) is 79.0 Å². The van der Waals surface area contributed by atoms with Gasteiger partial charge in [-0.2, -0.15) is 0 Å². The van der Waals surface area contributed by atoms with Gasteiger partial charge in [0.05, 0.1) is 24.2 Å². The molecule has 2 amide bonds. The third-order valence-electron chi connectivity index (χ3n) is 5.43. The summed E-state index contributed by atoms with van der Waals surface area (Å²) in [5, 5.41) is 0.924. The zero-order chi connectivity index (χ0) is 20.7. The molecule has 4 aromatic rings. The van der Waals surface area contributed by atoms with Gasteiger partial charge in [0.15, 0.2) is 0 Å². The van der Waals surface area contributed by atoms with E-state index in [2.05, 4.69) is 4.98 Å². The molecule has 3 heterocycles. The van der Waals surface area contributed by atoms with Crippen molar-refractivity contribution in [3.63, 3.8) is 0 Å². The summed E-state index contributed by atoms with van der Waals surface area (Å²) in [6.45, 7) is 0. The molecule has 0 N–H and O–H groups in total. The van der Waals surface area contributed by atoms with Crippen molar-refractivity contribution in [3.8, 4) is 11.6 Å². The Bertz CT molecular complexity index is 1250. The van der Waals surface area contributed by atoms with Gasteiger partial charge < -0.3 is 4.74 Å². The third-order valence-corrected chi connectivity index (χ3v) is 5.43. The first-order chi connectivity index (χ1) is 14.7. The average molecular weight is 397 g/mol. The van der Waals surface area contributed by atoms with Gasteiger partial charge in [-0.25, -0.2) is 9.88 Å². The van der Waals surface area contributed by atoms with E-state index in [1.807, 2.05) is 65.2 Å². The number of hydrogen-bond donors (Lipinski definition) is 0. The monoisotopic (exact) mass is 397 g/mol. The summed E-state index contributed by atoms with van der Waals surface area (Å²) < 4.78 is 7.32. The van der Waals surface area contributed by atoms with Crippen molar-refractivity contribution in [2.24, 2.45) is 0 Å². The van der Waals surface area contributed by atoms with Crippen LogP contribution in [0.25, 0.3) is 16.7 Å². The first-order valence-corrected chi connectivity index (χ1v) is 9.70. The standard InChI is InChI=1S/C24H19N3O3/c1-30-18-10-11-20-16(13-18)14-21(27(20)22-9-5-6-12-25-22)19-15-23(28)26(24(19)29)17-7-3-2-4-8-17/h2-14,19H,15H2,1H3.